The third-order valence-corrected chi connectivity index (χ3v) is 8.85. The van der Waals surface area contributed by atoms with Gasteiger partial charge >= 0.3 is 0 Å². The lowest BCUT2D eigenvalue weighted by Gasteiger charge is -2.33. The van der Waals surface area contributed by atoms with Crippen LogP contribution in [0.3, 0.4) is 0 Å². The summed E-state index contributed by atoms with van der Waals surface area (Å²) in [6.07, 6.45) is 0. The normalized spacial score (nSPS) is 13.2. The smallest absolute Gasteiger partial charge is 0.151 e. The SMILES string of the molecule is Cc1ccc2c(c1)Oc1cc(C)ccc1N2c1ccc2c(c1)c1cc(N3c4ccccc4Oc4ccccc43)ccc1n2C. The van der Waals surface area contributed by atoms with Crippen LogP contribution in [0.5, 0.6) is 23.0 Å². The summed E-state index contributed by atoms with van der Waals surface area (Å²) >= 11 is 0. The minimum Gasteiger partial charge on any atom is -0.453 e. The first-order valence-corrected chi connectivity index (χ1v) is 14.9. The monoisotopic (exact) mass is 571 g/mol. The van der Waals surface area contributed by atoms with E-state index in [2.05, 4.69) is 132 Å². The van der Waals surface area contributed by atoms with E-state index in [0.29, 0.717) is 0 Å². The van der Waals surface area contributed by atoms with Gasteiger partial charge in [-0.3, -0.25) is 0 Å². The summed E-state index contributed by atoms with van der Waals surface area (Å²) in [4.78, 5) is 4.62. The van der Waals surface area contributed by atoms with Gasteiger partial charge in [0.1, 0.15) is 0 Å². The van der Waals surface area contributed by atoms with E-state index in [1.165, 1.54) is 32.9 Å². The minimum atomic E-state index is 0.849. The molecule has 5 nitrogen and oxygen atoms in total. The maximum atomic E-state index is 6.43. The molecule has 44 heavy (non-hydrogen) atoms. The molecule has 7 aromatic rings. The van der Waals surface area contributed by atoms with Gasteiger partial charge in [0.25, 0.3) is 0 Å². The van der Waals surface area contributed by atoms with E-state index >= 15 is 0 Å². The van der Waals surface area contributed by atoms with E-state index in [9.17, 15) is 0 Å². The van der Waals surface area contributed by atoms with Gasteiger partial charge in [-0.2, -0.15) is 0 Å². The molecule has 0 saturated heterocycles. The lowest BCUT2D eigenvalue weighted by Crippen LogP contribution is -2.16. The number of para-hydroxylation sites is 4. The van der Waals surface area contributed by atoms with Crippen LogP contribution in [-0.2, 0) is 7.05 Å². The van der Waals surface area contributed by atoms with Crippen molar-refractivity contribution >= 4 is 55.9 Å². The summed E-state index contributed by atoms with van der Waals surface area (Å²) in [7, 11) is 2.15. The highest BCUT2D eigenvalue weighted by Crippen LogP contribution is 2.53. The van der Waals surface area contributed by atoms with Gasteiger partial charge < -0.3 is 23.8 Å². The maximum absolute atomic E-state index is 6.43. The van der Waals surface area contributed by atoms with Crippen LogP contribution in [0.1, 0.15) is 11.1 Å². The van der Waals surface area contributed by atoms with Crippen molar-refractivity contribution in [3.8, 4) is 23.0 Å². The summed E-state index contributed by atoms with van der Waals surface area (Å²) in [6.45, 7) is 4.20. The van der Waals surface area contributed by atoms with E-state index in [4.69, 9.17) is 9.47 Å². The molecule has 0 fully saturated rings. The highest BCUT2D eigenvalue weighted by Gasteiger charge is 2.28. The summed E-state index contributed by atoms with van der Waals surface area (Å²) < 4.78 is 15.0. The maximum Gasteiger partial charge on any atom is 0.151 e. The molecule has 0 atom stereocenters. The predicted molar refractivity (Wildman–Crippen MR) is 179 cm³/mol. The largest absolute Gasteiger partial charge is 0.453 e. The molecule has 0 aliphatic carbocycles. The van der Waals surface area contributed by atoms with Crippen molar-refractivity contribution in [2.45, 2.75) is 13.8 Å². The van der Waals surface area contributed by atoms with Crippen LogP contribution in [0.2, 0.25) is 0 Å². The molecule has 3 heterocycles. The van der Waals surface area contributed by atoms with Crippen LogP contribution in [-0.4, -0.2) is 4.57 Å². The number of aryl methyl sites for hydroxylation is 3. The fourth-order valence-corrected chi connectivity index (χ4v) is 6.76. The zero-order chi connectivity index (χ0) is 29.5. The molecule has 0 saturated carbocycles. The second kappa shape index (κ2) is 9.16. The first-order valence-electron chi connectivity index (χ1n) is 14.9. The third kappa shape index (κ3) is 3.59. The van der Waals surface area contributed by atoms with Crippen molar-refractivity contribution in [2.24, 2.45) is 7.05 Å². The average Bonchev–Trinajstić information content (AvgIpc) is 3.32. The molecule has 9 rings (SSSR count). The predicted octanol–water partition coefficient (Wildman–Crippen LogP) is 11.1. The molecule has 6 aromatic carbocycles. The van der Waals surface area contributed by atoms with Crippen LogP contribution in [0, 0.1) is 13.8 Å². The Bertz CT molecular complexity index is 2200. The molecule has 2 aliphatic heterocycles. The fourth-order valence-electron chi connectivity index (χ4n) is 6.76. The Labute approximate surface area is 255 Å². The van der Waals surface area contributed by atoms with E-state index in [0.717, 1.165) is 57.1 Å². The summed E-state index contributed by atoms with van der Waals surface area (Å²) in [5.41, 5.74) is 11.0. The Hall–Kier alpha value is -5.68. The Morgan fingerprint density at radius 2 is 0.864 bits per heavy atom. The molecule has 0 amide bonds. The van der Waals surface area contributed by atoms with Crippen LogP contribution in [0.4, 0.5) is 34.1 Å². The van der Waals surface area contributed by atoms with E-state index in [1.54, 1.807) is 0 Å². The molecule has 1 aromatic heterocycles. The summed E-state index contributed by atoms with van der Waals surface area (Å²) in [6, 6.07) is 42.8. The molecule has 0 unspecified atom stereocenters. The average molecular weight is 572 g/mol. The van der Waals surface area contributed by atoms with Gasteiger partial charge in [-0.25, -0.2) is 0 Å². The lowest BCUT2D eigenvalue weighted by atomic mass is 10.1. The fraction of sp³-hybridized carbons (Fsp3) is 0.0769. The minimum absolute atomic E-state index is 0.849. The Morgan fingerprint density at radius 3 is 1.36 bits per heavy atom. The first-order chi connectivity index (χ1) is 21.5. The van der Waals surface area contributed by atoms with Crippen molar-refractivity contribution in [1.29, 1.82) is 0 Å². The van der Waals surface area contributed by atoms with Crippen LogP contribution in [0.25, 0.3) is 21.8 Å². The Balaban J connectivity index is 1.25. The number of anilines is 6. The number of hydrogen-bond acceptors (Lipinski definition) is 4. The Kier molecular flexibility index (Phi) is 5.18. The Morgan fingerprint density at radius 1 is 0.432 bits per heavy atom. The van der Waals surface area contributed by atoms with Gasteiger partial charge in [0.15, 0.2) is 23.0 Å². The van der Waals surface area contributed by atoms with Gasteiger partial charge in [0.05, 0.1) is 22.7 Å². The molecule has 0 spiro atoms. The van der Waals surface area contributed by atoms with Crippen molar-refractivity contribution in [2.75, 3.05) is 9.80 Å². The second-order valence-electron chi connectivity index (χ2n) is 11.7. The molecular weight excluding hydrogens is 542 g/mol. The van der Waals surface area contributed by atoms with E-state index in [1.807, 2.05) is 24.3 Å². The highest BCUT2D eigenvalue weighted by atomic mass is 16.5. The van der Waals surface area contributed by atoms with Gasteiger partial charge in [-0.15, -0.1) is 0 Å². The number of hydrogen-bond donors (Lipinski definition) is 0. The molecule has 5 heteroatoms. The van der Waals surface area contributed by atoms with Crippen molar-refractivity contribution in [3.63, 3.8) is 0 Å². The highest BCUT2D eigenvalue weighted by molar-refractivity contribution is 6.11. The van der Waals surface area contributed by atoms with Gasteiger partial charge in [0, 0.05) is 40.2 Å². The quantitative estimate of drug-likeness (QED) is 0.206. The standard InChI is InChI=1S/C39H29N3O2/c1-24-12-16-34-38(20-24)44-39-21-25(2)13-17-35(39)42(34)27-15-19-31-29(23-27)28-22-26(14-18-30(28)40(31)3)41-32-8-4-6-10-36(32)43-37-11-7-5-9-33(37)41/h4-23H,1-3H3. The van der Waals surface area contributed by atoms with Crippen molar-refractivity contribution in [3.05, 3.63) is 132 Å². The third-order valence-electron chi connectivity index (χ3n) is 8.85. The zero-order valence-corrected chi connectivity index (χ0v) is 24.7. The van der Waals surface area contributed by atoms with Gasteiger partial charge in [-0.05, 0) is 110 Å². The molecule has 0 bridgehead atoms. The van der Waals surface area contributed by atoms with Gasteiger partial charge in [-0.1, -0.05) is 36.4 Å². The van der Waals surface area contributed by atoms with Crippen molar-refractivity contribution < 1.29 is 9.47 Å². The number of fused-ring (bicyclic) bond motifs is 7. The first kappa shape index (κ1) is 24.9. The number of ether oxygens (including phenoxy) is 2. The number of aromatic nitrogens is 1. The molecular formula is C39H29N3O2. The van der Waals surface area contributed by atoms with Crippen LogP contribution in [0.15, 0.2) is 121 Å². The number of benzene rings is 6. The molecule has 212 valence electrons. The van der Waals surface area contributed by atoms with Gasteiger partial charge in [0.2, 0.25) is 0 Å². The van der Waals surface area contributed by atoms with Crippen LogP contribution >= 0.6 is 0 Å². The summed E-state index contributed by atoms with van der Waals surface area (Å²) in [5.74, 6) is 3.43. The van der Waals surface area contributed by atoms with Crippen LogP contribution < -0.4 is 19.3 Å². The number of nitrogens with zero attached hydrogens (tertiary/aromatic N) is 3. The van der Waals surface area contributed by atoms with Crippen molar-refractivity contribution in [1.82, 2.24) is 4.57 Å². The van der Waals surface area contributed by atoms with E-state index in [-0.39, 0.29) is 0 Å². The second-order valence-corrected chi connectivity index (χ2v) is 11.7. The summed E-state index contributed by atoms with van der Waals surface area (Å²) in [5, 5.41) is 2.40. The zero-order valence-electron chi connectivity index (χ0n) is 24.7. The number of rotatable bonds is 2. The lowest BCUT2D eigenvalue weighted by molar-refractivity contribution is 0.476. The van der Waals surface area contributed by atoms with E-state index < -0.39 is 0 Å². The molecule has 0 N–H and O–H groups in total. The topological polar surface area (TPSA) is 29.9 Å². The molecule has 2 aliphatic rings. The molecule has 0 radical (unpaired) electrons.